The third-order valence-electron chi connectivity index (χ3n) is 2.62. The van der Waals surface area contributed by atoms with Gasteiger partial charge in [-0.2, -0.15) is 5.10 Å². The molecule has 2 rings (SSSR count). The molecule has 0 radical (unpaired) electrons. The molecule has 2 aromatic heterocycles. The summed E-state index contributed by atoms with van der Waals surface area (Å²) in [5.74, 6) is -1.21. The van der Waals surface area contributed by atoms with Crippen molar-refractivity contribution in [2.75, 3.05) is 0 Å². The van der Waals surface area contributed by atoms with Gasteiger partial charge in [-0.25, -0.2) is 4.79 Å². The molecule has 2 heterocycles. The molecule has 7 heteroatoms. The Morgan fingerprint density at radius 1 is 1.55 bits per heavy atom. The van der Waals surface area contributed by atoms with Gasteiger partial charge >= 0.3 is 5.97 Å². The van der Waals surface area contributed by atoms with Crippen molar-refractivity contribution in [2.24, 2.45) is 7.05 Å². The number of aromatic nitrogens is 2. The molecule has 20 heavy (non-hydrogen) atoms. The molecule has 0 aliphatic rings. The van der Waals surface area contributed by atoms with Crippen LogP contribution in [0.1, 0.15) is 20.9 Å². The molecule has 0 spiro atoms. The summed E-state index contributed by atoms with van der Waals surface area (Å²) in [4.78, 5) is 23.1. The highest BCUT2D eigenvalue weighted by molar-refractivity contribution is 7.11. The number of thiophene rings is 1. The largest absolute Gasteiger partial charge is 0.478 e. The molecule has 0 aliphatic carbocycles. The predicted molar refractivity (Wildman–Crippen MR) is 75.4 cm³/mol. The molecule has 0 unspecified atom stereocenters. The minimum atomic E-state index is -1.01. The first-order valence-corrected chi connectivity index (χ1v) is 6.69. The molecule has 0 atom stereocenters. The van der Waals surface area contributed by atoms with E-state index in [0.717, 1.165) is 16.6 Å². The van der Waals surface area contributed by atoms with Crippen LogP contribution in [0.3, 0.4) is 0 Å². The van der Waals surface area contributed by atoms with Crippen LogP contribution in [0.4, 0.5) is 0 Å². The normalized spacial score (nSPS) is 10.8. The maximum absolute atomic E-state index is 11.9. The van der Waals surface area contributed by atoms with Crippen LogP contribution in [0.25, 0.3) is 6.08 Å². The molecular weight excluding hydrogens is 278 g/mol. The van der Waals surface area contributed by atoms with Crippen molar-refractivity contribution in [3.05, 3.63) is 45.9 Å². The van der Waals surface area contributed by atoms with Gasteiger partial charge in [0.25, 0.3) is 5.91 Å². The number of nitrogens with zero attached hydrogens (tertiary/aromatic N) is 2. The second-order valence-electron chi connectivity index (χ2n) is 4.04. The Morgan fingerprint density at radius 2 is 2.35 bits per heavy atom. The van der Waals surface area contributed by atoms with Crippen LogP contribution in [0.15, 0.2) is 29.8 Å². The number of hydrogen-bond acceptors (Lipinski definition) is 4. The Kier molecular flexibility index (Phi) is 4.31. The van der Waals surface area contributed by atoms with Gasteiger partial charge in [0.1, 0.15) is 0 Å². The number of amides is 1. The summed E-state index contributed by atoms with van der Waals surface area (Å²) in [6.07, 6.45) is 4.18. The number of aryl methyl sites for hydroxylation is 1. The van der Waals surface area contributed by atoms with Gasteiger partial charge in [0.05, 0.1) is 17.8 Å². The van der Waals surface area contributed by atoms with E-state index in [1.54, 1.807) is 29.4 Å². The standard InChI is InChI=1S/C13H13N3O3S/c1-16-10(4-5-15-16)7-14-13(19)9-6-11(20-8-9)2-3-12(17)18/h2-6,8H,7H2,1H3,(H,14,19)(H,17,18). The first-order valence-electron chi connectivity index (χ1n) is 5.81. The molecule has 0 saturated carbocycles. The molecule has 0 fully saturated rings. The minimum Gasteiger partial charge on any atom is -0.478 e. The van der Waals surface area contributed by atoms with Crippen molar-refractivity contribution in [3.63, 3.8) is 0 Å². The lowest BCUT2D eigenvalue weighted by molar-refractivity contribution is -0.131. The summed E-state index contributed by atoms with van der Waals surface area (Å²) < 4.78 is 1.69. The lowest BCUT2D eigenvalue weighted by Gasteiger charge is -2.03. The molecule has 2 aromatic rings. The van der Waals surface area contributed by atoms with Crippen molar-refractivity contribution in [3.8, 4) is 0 Å². The maximum Gasteiger partial charge on any atom is 0.328 e. The Balaban J connectivity index is 1.96. The summed E-state index contributed by atoms with van der Waals surface area (Å²) in [5.41, 5.74) is 1.42. The van der Waals surface area contributed by atoms with E-state index in [2.05, 4.69) is 10.4 Å². The average molecular weight is 291 g/mol. The number of nitrogens with one attached hydrogen (secondary N) is 1. The van der Waals surface area contributed by atoms with Gasteiger partial charge in [-0.1, -0.05) is 0 Å². The van der Waals surface area contributed by atoms with Crippen molar-refractivity contribution < 1.29 is 14.7 Å². The van der Waals surface area contributed by atoms with Gasteiger partial charge in [0.2, 0.25) is 0 Å². The van der Waals surface area contributed by atoms with Gasteiger partial charge in [-0.15, -0.1) is 11.3 Å². The van der Waals surface area contributed by atoms with E-state index in [0.29, 0.717) is 12.1 Å². The predicted octanol–water partition coefficient (Wildman–Crippen LogP) is 1.51. The van der Waals surface area contributed by atoms with Crippen molar-refractivity contribution in [1.82, 2.24) is 15.1 Å². The topological polar surface area (TPSA) is 84.2 Å². The van der Waals surface area contributed by atoms with Crippen molar-refractivity contribution in [1.29, 1.82) is 0 Å². The summed E-state index contributed by atoms with van der Waals surface area (Å²) in [6, 6.07) is 3.48. The molecule has 0 bridgehead atoms. The molecule has 0 aliphatic heterocycles. The molecule has 6 nitrogen and oxygen atoms in total. The van der Waals surface area contributed by atoms with E-state index in [1.165, 1.54) is 17.4 Å². The summed E-state index contributed by atoms with van der Waals surface area (Å²) >= 11 is 1.32. The highest BCUT2D eigenvalue weighted by Crippen LogP contribution is 2.16. The second-order valence-corrected chi connectivity index (χ2v) is 4.98. The molecule has 1 amide bonds. The van der Waals surface area contributed by atoms with Crippen LogP contribution in [-0.2, 0) is 18.4 Å². The monoisotopic (exact) mass is 291 g/mol. The Bertz CT molecular complexity index is 657. The third-order valence-corrected chi connectivity index (χ3v) is 3.52. The van der Waals surface area contributed by atoms with Gasteiger partial charge in [-0.05, 0) is 18.2 Å². The van der Waals surface area contributed by atoms with E-state index >= 15 is 0 Å². The number of rotatable bonds is 5. The van der Waals surface area contributed by atoms with Crippen LogP contribution in [-0.4, -0.2) is 26.8 Å². The van der Waals surface area contributed by atoms with Crippen molar-refractivity contribution >= 4 is 29.3 Å². The van der Waals surface area contributed by atoms with Crippen LogP contribution >= 0.6 is 11.3 Å². The quantitative estimate of drug-likeness (QED) is 0.818. The van der Waals surface area contributed by atoms with Gasteiger partial charge in [-0.3, -0.25) is 9.48 Å². The van der Waals surface area contributed by atoms with E-state index in [4.69, 9.17) is 5.11 Å². The number of carbonyl (C=O) groups excluding carboxylic acids is 1. The van der Waals surface area contributed by atoms with E-state index in [-0.39, 0.29) is 5.91 Å². The molecule has 2 N–H and O–H groups in total. The van der Waals surface area contributed by atoms with Crippen LogP contribution in [0, 0.1) is 0 Å². The lowest BCUT2D eigenvalue weighted by Crippen LogP contribution is -2.23. The molecule has 104 valence electrons. The first kappa shape index (κ1) is 14.0. The van der Waals surface area contributed by atoms with E-state index < -0.39 is 5.97 Å². The molecule has 0 saturated heterocycles. The third kappa shape index (κ3) is 3.55. The molecule has 0 aromatic carbocycles. The van der Waals surface area contributed by atoms with E-state index in [1.807, 2.05) is 6.07 Å². The maximum atomic E-state index is 11.9. The second kappa shape index (κ2) is 6.16. The highest BCUT2D eigenvalue weighted by atomic mass is 32.1. The van der Waals surface area contributed by atoms with Crippen LogP contribution < -0.4 is 5.32 Å². The number of aliphatic carboxylic acids is 1. The summed E-state index contributed by atoms with van der Waals surface area (Å²) in [7, 11) is 1.81. The average Bonchev–Trinajstić information content (AvgIpc) is 3.02. The lowest BCUT2D eigenvalue weighted by atomic mass is 10.2. The first-order chi connectivity index (χ1) is 9.56. The zero-order valence-electron chi connectivity index (χ0n) is 10.7. The SMILES string of the molecule is Cn1nccc1CNC(=O)c1csc(C=CC(=O)O)c1. The fourth-order valence-electron chi connectivity index (χ4n) is 1.56. The van der Waals surface area contributed by atoms with Gasteiger partial charge in [0.15, 0.2) is 0 Å². The zero-order valence-corrected chi connectivity index (χ0v) is 11.6. The number of carboxylic acid groups (broad SMARTS) is 1. The number of carboxylic acids is 1. The smallest absolute Gasteiger partial charge is 0.328 e. The Morgan fingerprint density at radius 3 is 3.00 bits per heavy atom. The van der Waals surface area contributed by atoms with Crippen LogP contribution in [0.5, 0.6) is 0 Å². The minimum absolute atomic E-state index is 0.197. The van der Waals surface area contributed by atoms with Crippen LogP contribution in [0.2, 0.25) is 0 Å². The number of carbonyl (C=O) groups is 2. The van der Waals surface area contributed by atoms with Crippen molar-refractivity contribution in [2.45, 2.75) is 6.54 Å². The molecular formula is C13H13N3O3S. The van der Waals surface area contributed by atoms with Gasteiger partial charge < -0.3 is 10.4 Å². The fourth-order valence-corrected chi connectivity index (χ4v) is 2.34. The van der Waals surface area contributed by atoms with E-state index in [9.17, 15) is 9.59 Å². The zero-order chi connectivity index (χ0) is 14.5. The summed E-state index contributed by atoms with van der Waals surface area (Å²) in [5, 5.41) is 17.0. The summed E-state index contributed by atoms with van der Waals surface area (Å²) in [6.45, 7) is 0.394. The number of hydrogen-bond donors (Lipinski definition) is 2. The highest BCUT2D eigenvalue weighted by Gasteiger charge is 2.08. The Hall–Kier alpha value is -2.41. The van der Waals surface area contributed by atoms with Gasteiger partial charge in [0, 0.05) is 29.6 Å². The fraction of sp³-hybridized carbons (Fsp3) is 0.154. The Labute approximate surface area is 119 Å².